The van der Waals surface area contributed by atoms with Crippen LogP contribution >= 0.6 is 0 Å². The van der Waals surface area contributed by atoms with Crippen molar-refractivity contribution in [2.45, 2.75) is 25.9 Å². The second-order valence-corrected chi connectivity index (χ2v) is 8.45. The molecule has 2 amide bonds. The van der Waals surface area contributed by atoms with Gasteiger partial charge in [-0.05, 0) is 43.7 Å². The van der Waals surface area contributed by atoms with Crippen molar-refractivity contribution in [3.8, 4) is 5.75 Å². The molecular weight excluding hydrogens is 399 g/mol. The molecule has 2 aliphatic carbocycles. The van der Waals surface area contributed by atoms with Gasteiger partial charge in [0, 0.05) is 26.2 Å². The van der Waals surface area contributed by atoms with Gasteiger partial charge in [0.25, 0.3) is 0 Å². The minimum absolute atomic E-state index is 0.00215. The third kappa shape index (κ3) is 4.43. The molecule has 1 saturated carbocycles. The first-order chi connectivity index (χ1) is 15.0. The normalized spacial score (nSPS) is 27.6. The second-order valence-electron chi connectivity index (χ2n) is 8.45. The molecular formula is C23H29FN4O3. The van der Waals surface area contributed by atoms with Crippen LogP contribution in [0.4, 0.5) is 4.39 Å². The summed E-state index contributed by atoms with van der Waals surface area (Å²) in [5.41, 5.74) is 0. The minimum atomic E-state index is -0.336. The minimum Gasteiger partial charge on any atom is -0.489 e. The van der Waals surface area contributed by atoms with Crippen molar-refractivity contribution >= 4 is 17.8 Å². The van der Waals surface area contributed by atoms with E-state index in [1.165, 1.54) is 17.0 Å². The van der Waals surface area contributed by atoms with E-state index in [0.717, 1.165) is 6.42 Å². The van der Waals surface area contributed by atoms with Crippen molar-refractivity contribution in [2.24, 2.45) is 28.7 Å². The number of fused-ring (bicyclic) bond motifs is 5. The zero-order valence-corrected chi connectivity index (χ0v) is 17.9. The van der Waals surface area contributed by atoms with Crippen molar-refractivity contribution in [1.82, 2.24) is 15.5 Å². The smallest absolute Gasteiger partial charge is 0.233 e. The van der Waals surface area contributed by atoms with Gasteiger partial charge >= 0.3 is 0 Å². The van der Waals surface area contributed by atoms with Crippen LogP contribution in [-0.4, -0.2) is 55.5 Å². The largest absolute Gasteiger partial charge is 0.489 e. The SMILES string of the molecule is CN=C(NCCCN1C(=O)C2C3C=CC(C3)C2C1=O)NCC(C)Oc1cccc(F)c1. The Balaban J connectivity index is 1.17. The monoisotopic (exact) mass is 428 g/mol. The zero-order chi connectivity index (χ0) is 22.0. The number of benzene rings is 1. The standard InChI is InChI=1S/C23H29FN4O3/c1-14(31-18-6-3-5-17(24)12-18)13-27-23(25-2)26-9-4-10-28-21(29)19-15-7-8-16(11-15)20(19)22(28)30/h3,5-8,12,14-16,19-20H,4,9-11,13H2,1-2H3,(H2,25,26,27). The number of halogens is 1. The van der Waals surface area contributed by atoms with Crippen LogP contribution in [0, 0.1) is 29.5 Å². The summed E-state index contributed by atoms with van der Waals surface area (Å²) in [5, 5.41) is 6.36. The van der Waals surface area contributed by atoms with Crippen LogP contribution in [0.2, 0.25) is 0 Å². The topological polar surface area (TPSA) is 83.0 Å². The maximum atomic E-state index is 13.3. The summed E-state index contributed by atoms with van der Waals surface area (Å²) in [5.74, 6) is 0.962. The van der Waals surface area contributed by atoms with Crippen LogP contribution in [0.3, 0.4) is 0 Å². The molecule has 0 radical (unpaired) electrons. The maximum Gasteiger partial charge on any atom is 0.233 e. The summed E-state index contributed by atoms with van der Waals surface area (Å²) in [6, 6.07) is 6.04. The lowest BCUT2D eigenvalue weighted by atomic mass is 9.85. The lowest BCUT2D eigenvalue weighted by Gasteiger charge is -2.19. The number of imide groups is 1. The molecule has 5 unspecified atom stereocenters. The summed E-state index contributed by atoms with van der Waals surface area (Å²) >= 11 is 0. The van der Waals surface area contributed by atoms with E-state index in [-0.39, 0.29) is 47.4 Å². The van der Waals surface area contributed by atoms with Gasteiger partial charge in [-0.1, -0.05) is 18.2 Å². The number of guanidine groups is 1. The van der Waals surface area contributed by atoms with Gasteiger partial charge in [-0.2, -0.15) is 0 Å². The number of hydrogen-bond acceptors (Lipinski definition) is 4. The molecule has 1 saturated heterocycles. The first-order valence-electron chi connectivity index (χ1n) is 10.9. The van der Waals surface area contributed by atoms with E-state index in [9.17, 15) is 14.0 Å². The third-order valence-electron chi connectivity index (χ3n) is 6.33. The number of aliphatic imine (C=N–C) groups is 1. The first-order valence-corrected chi connectivity index (χ1v) is 10.9. The van der Waals surface area contributed by atoms with Crippen molar-refractivity contribution in [2.75, 3.05) is 26.7 Å². The molecule has 2 fully saturated rings. The predicted molar refractivity (Wildman–Crippen MR) is 115 cm³/mol. The van der Waals surface area contributed by atoms with Gasteiger partial charge in [0.15, 0.2) is 5.96 Å². The quantitative estimate of drug-likeness (QED) is 0.217. The van der Waals surface area contributed by atoms with E-state index in [2.05, 4.69) is 27.8 Å². The van der Waals surface area contributed by atoms with E-state index >= 15 is 0 Å². The molecule has 4 rings (SSSR count). The molecule has 31 heavy (non-hydrogen) atoms. The first kappa shape index (κ1) is 21.3. The van der Waals surface area contributed by atoms with Crippen LogP contribution in [-0.2, 0) is 9.59 Å². The van der Waals surface area contributed by atoms with Crippen LogP contribution in [0.1, 0.15) is 19.8 Å². The van der Waals surface area contributed by atoms with Crippen LogP contribution in [0.5, 0.6) is 5.75 Å². The number of hydrogen-bond donors (Lipinski definition) is 2. The van der Waals surface area contributed by atoms with Gasteiger partial charge in [-0.15, -0.1) is 0 Å². The molecule has 1 aromatic carbocycles. The lowest BCUT2D eigenvalue weighted by molar-refractivity contribution is -0.140. The highest BCUT2D eigenvalue weighted by atomic mass is 19.1. The van der Waals surface area contributed by atoms with Crippen molar-refractivity contribution < 1.29 is 18.7 Å². The van der Waals surface area contributed by atoms with Crippen molar-refractivity contribution in [1.29, 1.82) is 0 Å². The highest BCUT2D eigenvalue weighted by molar-refractivity contribution is 6.06. The summed E-state index contributed by atoms with van der Waals surface area (Å²) in [6.45, 7) is 3.37. The number of nitrogens with one attached hydrogen (secondary N) is 2. The van der Waals surface area contributed by atoms with Gasteiger partial charge in [-0.3, -0.25) is 19.5 Å². The van der Waals surface area contributed by atoms with Crippen molar-refractivity contribution in [3.05, 3.63) is 42.2 Å². The Bertz CT molecular complexity index is 873. The van der Waals surface area contributed by atoms with E-state index in [1.807, 2.05) is 6.92 Å². The predicted octanol–water partition coefficient (Wildman–Crippen LogP) is 1.96. The molecule has 1 aromatic rings. The molecule has 7 nitrogen and oxygen atoms in total. The van der Waals surface area contributed by atoms with Crippen LogP contribution < -0.4 is 15.4 Å². The number of nitrogens with zero attached hydrogens (tertiary/aromatic N) is 2. The van der Waals surface area contributed by atoms with E-state index < -0.39 is 0 Å². The Hall–Kier alpha value is -2.90. The Labute approximate surface area is 181 Å². The number of ether oxygens (including phenoxy) is 1. The summed E-state index contributed by atoms with van der Waals surface area (Å²) in [4.78, 5) is 31.0. The van der Waals surface area contributed by atoms with Crippen molar-refractivity contribution in [3.63, 3.8) is 0 Å². The molecule has 2 bridgehead atoms. The maximum absolute atomic E-state index is 13.3. The van der Waals surface area contributed by atoms with Gasteiger partial charge in [0.05, 0.1) is 18.4 Å². The Morgan fingerprint density at radius 3 is 2.58 bits per heavy atom. The second kappa shape index (κ2) is 9.08. The summed E-state index contributed by atoms with van der Waals surface area (Å²) in [7, 11) is 1.67. The van der Waals surface area contributed by atoms with Gasteiger partial charge in [0.1, 0.15) is 17.7 Å². The summed E-state index contributed by atoms with van der Waals surface area (Å²) in [6.07, 6.45) is 5.62. The zero-order valence-electron chi connectivity index (χ0n) is 17.9. The molecule has 2 N–H and O–H groups in total. The fourth-order valence-corrected chi connectivity index (χ4v) is 4.90. The molecule has 0 aromatic heterocycles. The highest BCUT2D eigenvalue weighted by Crippen LogP contribution is 2.52. The Morgan fingerprint density at radius 1 is 1.23 bits per heavy atom. The van der Waals surface area contributed by atoms with Crippen LogP contribution in [0.15, 0.2) is 41.4 Å². The van der Waals surface area contributed by atoms with E-state index in [1.54, 1.807) is 19.2 Å². The molecule has 166 valence electrons. The fourth-order valence-electron chi connectivity index (χ4n) is 4.90. The number of likely N-dealkylation sites (tertiary alicyclic amines) is 1. The van der Waals surface area contributed by atoms with Gasteiger partial charge in [-0.25, -0.2) is 4.39 Å². The Morgan fingerprint density at radius 2 is 1.94 bits per heavy atom. The molecule has 8 heteroatoms. The number of amides is 2. The summed E-state index contributed by atoms with van der Waals surface area (Å²) < 4.78 is 18.9. The fraction of sp³-hybridized carbons (Fsp3) is 0.522. The molecule has 0 spiro atoms. The molecule has 5 atom stereocenters. The van der Waals surface area contributed by atoms with E-state index in [4.69, 9.17) is 4.74 Å². The van der Waals surface area contributed by atoms with E-state index in [0.29, 0.717) is 37.8 Å². The molecule has 1 aliphatic heterocycles. The number of rotatable bonds is 8. The van der Waals surface area contributed by atoms with Gasteiger partial charge in [0.2, 0.25) is 11.8 Å². The molecule has 3 aliphatic rings. The third-order valence-corrected chi connectivity index (χ3v) is 6.33. The number of carbonyl (C=O) groups excluding carboxylic acids is 2. The number of allylic oxidation sites excluding steroid dienone is 2. The molecule has 1 heterocycles. The average molecular weight is 429 g/mol. The Kier molecular flexibility index (Phi) is 6.25. The lowest BCUT2D eigenvalue weighted by Crippen LogP contribution is -2.43. The van der Waals surface area contributed by atoms with Gasteiger partial charge < -0.3 is 15.4 Å². The van der Waals surface area contributed by atoms with Crippen LogP contribution in [0.25, 0.3) is 0 Å². The highest BCUT2D eigenvalue weighted by Gasteiger charge is 2.58. The average Bonchev–Trinajstić information content (AvgIpc) is 3.42. The number of carbonyl (C=O) groups is 2.